The molecule has 1 amide bonds. The number of nitrogens with zero attached hydrogens (tertiary/aromatic N) is 1. The van der Waals surface area contributed by atoms with Gasteiger partial charge in [-0.3, -0.25) is 4.79 Å². The quantitative estimate of drug-likeness (QED) is 0.712. The molecule has 0 saturated heterocycles. The fraction of sp³-hybridized carbons (Fsp3) is 0.318. The maximum atomic E-state index is 12.6. The van der Waals surface area contributed by atoms with Gasteiger partial charge in [0.05, 0.1) is 12.6 Å². The molecule has 3 aromatic rings. The van der Waals surface area contributed by atoms with E-state index in [9.17, 15) is 4.79 Å². The zero-order valence-corrected chi connectivity index (χ0v) is 15.1. The Labute approximate surface area is 153 Å². The number of hydrogen-bond acceptors (Lipinski definition) is 2. The fourth-order valence-corrected chi connectivity index (χ4v) is 3.85. The molecule has 1 N–H and O–H groups in total. The van der Waals surface area contributed by atoms with Gasteiger partial charge in [0, 0.05) is 23.1 Å². The third-order valence-electron chi connectivity index (χ3n) is 5.26. The van der Waals surface area contributed by atoms with Gasteiger partial charge in [0.2, 0.25) is 5.91 Å². The molecule has 1 atom stereocenters. The van der Waals surface area contributed by atoms with Gasteiger partial charge in [-0.15, -0.1) is 0 Å². The first-order valence-electron chi connectivity index (χ1n) is 9.24. The van der Waals surface area contributed by atoms with Crippen molar-refractivity contribution in [3.8, 4) is 0 Å². The topological polar surface area (TPSA) is 45.3 Å². The molecular formula is C22H24N2O2. The highest BCUT2D eigenvalue weighted by Gasteiger charge is 2.30. The highest BCUT2D eigenvalue weighted by molar-refractivity contribution is 5.86. The molecule has 0 saturated carbocycles. The zero-order chi connectivity index (χ0) is 17.9. The first-order valence-corrected chi connectivity index (χ1v) is 9.24. The normalized spacial score (nSPS) is 16.7. The van der Waals surface area contributed by atoms with E-state index in [1.54, 1.807) is 0 Å². The molecule has 0 radical (unpaired) electrons. The number of rotatable bonds is 5. The van der Waals surface area contributed by atoms with E-state index in [0.717, 1.165) is 30.6 Å². The van der Waals surface area contributed by atoms with Gasteiger partial charge in [-0.05, 0) is 37.0 Å². The molecule has 0 unspecified atom stereocenters. The summed E-state index contributed by atoms with van der Waals surface area (Å²) in [6, 6.07) is 18.6. The van der Waals surface area contributed by atoms with E-state index in [4.69, 9.17) is 4.74 Å². The summed E-state index contributed by atoms with van der Waals surface area (Å²) >= 11 is 0. The molecule has 134 valence electrons. The smallest absolute Gasteiger partial charge is 0.249 e. The van der Waals surface area contributed by atoms with Crippen molar-refractivity contribution in [1.82, 2.24) is 9.88 Å². The largest absolute Gasteiger partial charge is 0.371 e. The van der Waals surface area contributed by atoms with E-state index < -0.39 is 0 Å². The average Bonchev–Trinajstić information content (AvgIpc) is 3.06. The lowest BCUT2D eigenvalue weighted by Gasteiger charge is -2.33. The molecule has 1 aromatic heterocycles. The summed E-state index contributed by atoms with van der Waals surface area (Å²) in [6.07, 6.45) is 1.72. The van der Waals surface area contributed by atoms with Gasteiger partial charge in [-0.1, -0.05) is 48.5 Å². The first kappa shape index (κ1) is 16.9. The predicted octanol–water partition coefficient (Wildman–Crippen LogP) is 3.87. The number of H-pyrrole nitrogens is 1. The van der Waals surface area contributed by atoms with Crippen molar-refractivity contribution in [2.24, 2.45) is 0 Å². The van der Waals surface area contributed by atoms with Crippen LogP contribution in [0.25, 0.3) is 10.9 Å². The number of carbonyl (C=O) groups is 1. The van der Waals surface area contributed by atoms with Gasteiger partial charge in [0.15, 0.2) is 0 Å². The summed E-state index contributed by atoms with van der Waals surface area (Å²) < 4.78 is 5.65. The van der Waals surface area contributed by atoms with Crippen LogP contribution in [0.2, 0.25) is 0 Å². The van der Waals surface area contributed by atoms with E-state index in [1.807, 2.05) is 29.2 Å². The van der Waals surface area contributed by atoms with Crippen LogP contribution in [-0.4, -0.2) is 35.5 Å². The lowest BCUT2D eigenvalue weighted by atomic mass is 9.98. The predicted molar refractivity (Wildman–Crippen MR) is 103 cm³/mol. The van der Waals surface area contributed by atoms with Gasteiger partial charge < -0.3 is 14.6 Å². The Hall–Kier alpha value is -2.59. The molecule has 0 fully saturated rings. The van der Waals surface area contributed by atoms with Gasteiger partial charge >= 0.3 is 0 Å². The molecule has 4 rings (SSSR count). The summed E-state index contributed by atoms with van der Waals surface area (Å²) in [4.78, 5) is 18.1. The van der Waals surface area contributed by atoms with E-state index in [0.29, 0.717) is 6.61 Å². The van der Waals surface area contributed by atoms with Crippen molar-refractivity contribution in [2.75, 3.05) is 19.8 Å². The summed E-state index contributed by atoms with van der Waals surface area (Å²) in [7, 11) is 0. The first-order chi connectivity index (χ1) is 12.7. The van der Waals surface area contributed by atoms with Crippen molar-refractivity contribution in [1.29, 1.82) is 0 Å². The molecule has 0 spiro atoms. The monoisotopic (exact) mass is 348 g/mol. The molecule has 26 heavy (non-hydrogen) atoms. The second-order valence-corrected chi connectivity index (χ2v) is 6.86. The Morgan fingerprint density at radius 1 is 1.15 bits per heavy atom. The minimum Gasteiger partial charge on any atom is -0.371 e. The van der Waals surface area contributed by atoms with Crippen LogP contribution >= 0.6 is 0 Å². The van der Waals surface area contributed by atoms with Crippen LogP contribution < -0.4 is 0 Å². The Morgan fingerprint density at radius 2 is 1.92 bits per heavy atom. The van der Waals surface area contributed by atoms with E-state index in [2.05, 4.69) is 42.2 Å². The standard InChI is InChI=1S/C22H24N2O2/c1-16-22-19(18-9-5-6-10-20(18)23-22)11-13-24(16)21(25)15-26-14-12-17-7-3-2-4-8-17/h2-10,16,23H,11-15H2,1H3/t16-/m0/s1. The van der Waals surface area contributed by atoms with Gasteiger partial charge in [0.25, 0.3) is 0 Å². The van der Waals surface area contributed by atoms with Crippen molar-refractivity contribution >= 4 is 16.8 Å². The number of ether oxygens (including phenoxy) is 1. The molecule has 0 bridgehead atoms. The highest BCUT2D eigenvalue weighted by atomic mass is 16.5. The Morgan fingerprint density at radius 3 is 2.77 bits per heavy atom. The number of fused-ring (bicyclic) bond motifs is 3. The minimum absolute atomic E-state index is 0.0522. The SMILES string of the molecule is C[C@H]1c2[nH]c3ccccc3c2CCN1C(=O)COCCc1ccccc1. The van der Waals surface area contributed by atoms with Gasteiger partial charge in [0.1, 0.15) is 6.61 Å². The molecule has 0 aliphatic carbocycles. The van der Waals surface area contributed by atoms with Crippen molar-refractivity contribution in [2.45, 2.75) is 25.8 Å². The number of nitrogens with one attached hydrogen (secondary N) is 1. The van der Waals surface area contributed by atoms with Crippen molar-refractivity contribution in [3.63, 3.8) is 0 Å². The second-order valence-electron chi connectivity index (χ2n) is 6.86. The number of hydrogen-bond donors (Lipinski definition) is 1. The van der Waals surface area contributed by atoms with E-state index >= 15 is 0 Å². The molecule has 2 heterocycles. The minimum atomic E-state index is 0.0522. The van der Waals surface area contributed by atoms with Crippen molar-refractivity contribution < 1.29 is 9.53 Å². The maximum Gasteiger partial charge on any atom is 0.249 e. The van der Waals surface area contributed by atoms with Gasteiger partial charge in [-0.25, -0.2) is 0 Å². The molecular weight excluding hydrogens is 324 g/mol. The number of aromatic amines is 1. The molecule has 1 aliphatic heterocycles. The Balaban J connectivity index is 1.37. The van der Waals surface area contributed by atoms with Crippen LogP contribution in [-0.2, 0) is 22.4 Å². The highest BCUT2D eigenvalue weighted by Crippen LogP contribution is 2.34. The van der Waals surface area contributed by atoms with Crippen LogP contribution in [0.1, 0.15) is 29.8 Å². The summed E-state index contributed by atoms with van der Waals surface area (Å²) in [6.45, 7) is 3.55. The summed E-state index contributed by atoms with van der Waals surface area (Å²) in [5, 5.41) is 1.28. The number of carbonyl (C=O) groups excluding carboxylic acids is 1. The lowest BCUT2D eigenvalue weighted by Crippen LogP contribution is -2.40. The van der Waals surface area contributed by atoms with E-state index in [1.165, 1.54) is 16.5 Å². The Kier molecular flexibility index (Phi) is 4.76. The number of aromatic nitrogens is 1. The molecule has 2 aromatic carbocycles. The zero-order valence-electron chi connectivity index (χ0n) is 15.1. The Bertz CT molecular complexity index is 901. The van der Waals surface area contributed by atoms with Crippen LogP contribution in [0.5, 0.6) is 0 Å². The second kappa shape index (κ2) is 7.34. The van der Waals surface area contributed by atoms with Crippen LogP contribution in [0, 0.1) is 0 Å². The molecule has 1 aliphatic rings. The molecule has 4 nitrogen and oxygen atoms in total. The third kappa shape index (κ3) is 3.25. The third-order valence-corrected chi connectivity index (χ3v) is 5.26. The van der Waals surface area contributed by atoms with Crippen LogP contribution in [0.3, 0.4) is 0 Å². The van der Waals surface area contributed by atoms with Crippen LogP contribution in [0.15, 0.2) is 54.6 Å². The number of amides is 1. The maximum absolute atomic E-state index is 12.6. The summed E-state index contributed by atoms with van der Waals surface area (Å²) in [5.41, 5.74) is 4.89. The number of para-hydroxylation sites is 1. The number of benzene rings is 2. The summed E-state index contributed by atoms with van der Waals surface area (Å²) in [5.74, 6) is 0.0647. The average molecular weight is 348 g/mol. The lowest BCUT2D eigenvalue weighted by molar-refractivity contribution is -0.138. The van der Waals surface area contributed by atoms with Crippen LogP contribution in [0.4, 0.5) is 0 Å². The van der Waals surface area contributed by atoms with E-state index in [-0.39, 0.29) is 18.6 Å². The molecule has 4 heteroatoms. The van der Waals surface area contributed by atoms with Gasteiger partial charge in [-0.2, -0.15) is 0 Å². The van der Waals surface area contributed by atoms with Crippen molar-refractivity contribution in [3.05, 3.63) is 71.4 Å². The fourth-order valence-electron chi connectivity index (χ4n) is 3.85.